The quantitative estimate of drug-likeness (QED) is 0.713. The van der Waals surface area contributed by atoms with E-state index in [-0.39, 0.29) is 5.91 Å². The van der Waals surface area contributed by atoms with Crippen molar-refractivity contribution < 1.29 is 4.79 Å². The molecule has 7 heteroatoms. The summed E-state index contributed by atoms with van der Waals surface area (Å²) in [6, 6.07) is 3.90. The molecule has 21 heavy (non-hydrogen) atoms. The van der Waals surface area contributed by atoms with Crippen LogP contribution >= 0.6 is 23.1 Å². The summed E-state index contributed by atoms with van der Waals surface area (Å²) < 4.78 is 0. The molecule has 0 spiro atoms. The number of amides is 1. The maximum absolute atomic E-state index is 12.0. The average molecular weight is 322 g/mol. The van der Waals surface area contributed by atoms with Gasteiger partial charge in [-0.2, -0.15) is 0 Å². The number of carbonyl (C=O) groups is 1. The van der Waals surface area contributed by atoms with E-state index in [2.05, 4.69) is 15.6 Å². The van der Waals surface area contributed by atoms with E-state index < -0.39 is 0 Å². The van der Waals surface area contributed by atoms with E-state index >= 15 is 0 Å². The van der Waals surface area contributed by atoms with Crippen LogP contribution in [-0.2, 0) is 6.54 Å². The van der Waals surface area contributed by atoms with Crippen molar-refractivity contribution in [3.05, 3.63) is 35.0 Å². The third-order valence-electron chi connectivity index (χ3n) is 2.82. The molecule has 1 amide bonds. The standard InChI is InChI=1S/C14H18N4OS2/c1-3-17-13(19)11-10(15)12(20-2)14(21-11)18-8-9-5-4-6-16-7-9/h4-7,18H,3,8,15H2,1-2H3,(H,17,19). The summed E-state index contributed by atoms with van der Waals surface area (Å²) in [7, 11) is 0. The van der Waals surface area contributed by atoms with Crippen LogP contribution in [0.15, 0.2) is 29.4 Å². The summed E-state index contributed by atoms with van der Waals surface area (Å²) in [5.41, 5.74) is 7.72. The third kappa shape index (κ3) is 3.68. The predicted octanol–water partition coefficient (Wildman–Crippen LogP) is 2.81. The maximum atomic E-state index is 12.0. The lowest BCUT2D eigenvalue weighted by Gasteiger charge is -2.05. The van der Waals surface area contributed by atoms with Crippen LogP contribution in [-0.4, -0.2) is 23.7 Å². The summed E-state index contributed by atoms with van der Waals surface area (Å²) in [6.07, 6.45) is 5.51. The second-order valence-electron chi connectivity index (χ2n) is 4.28. The Bertz CT molecular complexity index is 613. The Balaban J connectivity index is 2.19. The molecule has 0 radical (unpaired) electrons. The number of hydrogen-bond acceptors (Lipinski definition) is 6. The number of nitrogens with one attached hydrogen (secondary N) is 2. The number of aromatic nitrogens is 1. The van der Waals surface area contributed by atoms with Gasteiger partial charge < -0.3 is 16.4 Å². The van der Waals surface area contributed by atoms with Crippen LogP contribution in [0.3, 0.4) is 0 Å². The highest BCUT2D eigenvalue weighted by atomic mass is 32.2. The van der Waals surface area contributed by atoms with E-state index in [9.17, 15) is 4.79 Å². The fraction of sp³-hybridized carbons (Fsp3) is 0.286. The number of rotatable bonds is 6. The molecule has 0 aliphatic heterocycles. The molecule has 4 N–H and O–H groups in total. The molecule has 0 saturated carbocycles. The number of hydrogen-bond donors (Lipinski definition) is 3. The minimum Gasteiger partial charge on any atom is -0.396 e. The first kappa shape index (κ1) is 15.7. The highest BCUT2D eigenvalue weighted by Crippen LogP contribution is 2.41. The molecule has 112 valence electrons. The van der Waals surface area contributed by atoms with E-state index in [1.165, 1.54) is 11.3 Å². The molecule has 2 aromatic heterocycles. The van der Waals surface area contributed by atoms with Gasteiger partial charge in [-0.05, 0) is 24.8 Å². The average Bonchev–Trinajstić information content (AvgIpc) is 2.82. The van der Waals surface area contributed by atoms with Crippen molar-refractivity contribution in [1.82, 2.24) is 10.3 Å². The van der Waals surface area contributed by atoms with Gasteiger partial charge in [-0.15, -0.1) is 23.1 Å². The molecule has 2 rings (SSSR count). The normalized spacial score (nSPS) is 10.4. The van der Waals surface area contributed by atoms with Gasteiger partial charge in [-0.3, -0.25) is 9.78 Å². The second kappa shape index (κ2) is 7.33. The van der Waals surface area contributed by atoms with E-state index in [1.54, 1.807) is 18.0 Å². The van der Waals surface area contributed by atoms with Gasteiger partial charge in [0.05, 0.1) is 10.6 Å². The molecule has 0 aliphatic rings. The number of thioether (sulfide) groups is 1. The molecule has 0 fully saturated rings. The van der Waals surface area contributed by atoms with Crippen molar-refractivity contribution in [1.29, 1.82) is 0 Å². The maximum Gasteiger partial charge on any atom is 0.263 e. The molecule has 5 nitrogen and oxygen atoms in total. The first-order valence-electron chi connectivity index (χ1n) is 6.54. The minimum atomic E-state index is -0.121. The van der Waals surface area contributed by atoms with Gasteiger partial charge in [-0.25, -0.2) is 0 Å². The lowest BCUT2D eigenvalue weighted by Crippen LogP contribution is -2.22. The molecule has 0 unspecified atom stereocenters. The predicted molar refractivity (Wildman–Crippen MR) is 90.1 cm³/mol. The zero-order chi connectivity index (χ0) is 15.2. The van der Waals surface area contributed by atoms with Gasteiger partial charge >= 0.3 is 0 Å². The lowest BCUT2D eigenvalue weighted by atomic mass is 10.3. The van der Waals surface area contributed by atoms with Crippen molar-refractivity contribution in [2.45, 2.75) is 18.4 Å². The lowest BCUT2D eigenvalue weighted by molar-refractivity contribution is 0.0960. The first-order valence-corrected chi connectivity index (χ1v) is 8.58. The zero-order valence-corrected chi connectivity index (χ0v) is 13.6. The highest BCUT2D eigenvalue weighted by molar-refractivity contribution is 7.99. The molecule has 0 aromatic carbocycles. The van der Waals surface area contributed by atoms with Gasteiger partial charge in [0.25, 0.3) is 5.91 Å². The fourth-order valence-electron chi connectivity index (χ4n) is 1.84. The Morgan fingerprint density at radius 3 is 2.95 bits per heavy atom. The summed E-state index contributed by atoms with van der Waals surface area (Å²) in [6.45, 7) is 3.12. The van der Waals surface area contributed by atoms with Gasteiger partial charge in [0.1, 0.15) is 9.88 Å². The molecule has 0 bridgehead atoms. The number of nitrogens with two attached hydrogens (primary N) is 1. The zero-order valence-electron chi connectivity index (χ0n) is 12.0. The van der Waals surface area contributed by atoms with Gasteiger partial charge in [0.15, 0.2) is 0 Å². The molecular formula is C14H18N4OS2. The van der Waals surface area contributed by atoms with Gasteiger partial charge in [0, 0.05) is 25.5 Å². The fourth-order valence-corrected chi connectivity index (χ4v) is 3.79. The Morgan fingerprint density at radius 1 is 1.52 bits per heavy atom. The van der Waals surface area contributed by atoms with Crippen LogP contribution in [0, 0.1) is 0 Å². The number of carbonyl (C=O) groups excluding carboxylic acids is 1. The molecule has 0 aliphatic carbocycles. The number of thiophene rings is 1. The minimum absolute atomic E-state index is 0.121. The molecule has 0 saturated heterocycles. The number of anilines is 2. The van der Waals surface area contributed by atoms with Crippen LogP contribution in [0.25, 0.3) is 0 Å². The Morgan fingerprint density at radius 2 is 2.33 bits per heavy atom. The SMILES string of the molecule is CCNC(=O)c1sc(NCc2cccnc2)c(SC)c1N. The summed E-state index contributed by atoms with van der Waals surface area (Å²) in [5.74, 6) is -0.121. The summed E-state index contributed by atoms with van der Waals surface area (Å²) >= 11 is 2.93. The number of pyridine rings is 1. The number of nitrogens with zero attached hydrogens (tertiary/aromatic N) is 1. The molecular weight excluding hydrogens is 304 g/mol. The van der Waals surface area contributed by atoms with Gasteiger partial charge in [-0.1, -0.05) is 6.07 Å². The van der Waals surface area contributed by atoms with Crippen molar-refractivity contribution in [3.8, 4) is 0 Å². The largest absolute Gasteiger partial charge is 0.396 e. The van der Waals surface area contributed by atoms with E-state index in [4.69, 9.17) is 5.73 Å². The van der Waals surface area contributed by atoms with E-state index in [0.29, 0.717) is 23.7 Å². The monoisotopic (exact) mass is 322 g/mol. The van der Waals surface area contributed by atoms with Crippen molar-refractivity contribution >= 4 is 39.7 Å². The van der Waals surface area contributed by atoms with Crippen LogP contribution < -0.4 is 16.4 Å². The molecule has 0 atom stereocenters. The topological polar surface area (TPSA) is 80.0 Å². The van der Waals surface area contributed by atoms with Crippen LogP contribution in [0.1, 0.15) is 22.2 Å². The highest BCUT2D eigenvalue weighted by Gasteiger charge is 2.20. The van der Waals surface area contributed by atoms with E-state index in [1.807, 2.05) is 31.5 Å². The summed E-state index contributed by atoms with van der Waals surface area (Å²) in [4.78, 5) is 17.6. The Hall–Kier alpha value is -1.73. The van der Waals surface area contributed by atoms with Crippen molar-refractivity contribution in [2.24, 2.45) is 0 Å². The molecule has 2 heterocycles. The Kier molecular flexibility index (Phi) is 5.46. The van der Waals surface area contributed by atoms with Crippen LogP contribution in [0.4, 0.5) is 10.7 Å². The van der Waals surface area contributed by atoms with E-state index in [0.717, 1.165) is 15.5 Å². The summed E-state index contributed by atoms with van der Waals surface area (Å²) in [5, 5.41) is 7.04. The smallest absolute Gasteiger partial charge is 0.263 e. The second-order valence-corrected chi connectivity index (χ2v) is 6.12. The van der Waals surface area contributed by atoms with Crippen LogP contribution in [0.5, 0.6) is 0 Å². The third-order valence-corrected chi connectivity index (χ3v) is 4.95. The molecule has 2 aromatic rings. The Labute approximate surface area is 132 Å². The van der Waals surface area contributed by atoms with Crippen molar-refractivity contribution in [2.75, 3.05) is 23.9 Å². The van der Waals surface area contributed by atoms with Crippen molar-refractivity contribution in [3.63, 3.8) is 0 Å². The van der Waals surface area contributed by atoms with Gasteiger partial charge in [0.2, 0.25) is 0 Å². The number of nitrogen functional groups attached to an aromatic ring is 1. The first-order chi connectivity index (χ1) is 10.2. The van der Waals surface area contributed by atoms with Crippen LogP contribution in [0.2, 0.25) is 0 Å².